The summed E-state index contributed by atoms with van der Waals surface area (Å²) >= 11 is 0. The standard InChI is InChI=1S/C20H24N2O3.H2/c1-13(2)18(23)17-16(22-19(24)25-20(3,4)5)11-15(12-21-17)14-9-7-6-8-10-14;/h6-13H,1-5H3,(H,22,24);1H. The Morgan fingerprint density at radius 1 is 1.12 bits per heavy atom. The Morgan fingerprint density at radius 2 is 1.76 bits per heavy atom. The molecule has 0 aliphatic carbocycles. The van der Waals surface area contributed by atoms with Crippen molar-refractivity contribution in [2.75, 3.05) is 5.32 Å². The maximum atomic E-state index is 12.4. The molecule has 0 fully saturated rings. The Bertz CT molecular complexity index is 768. The minimum absolute atomic E-state index is 0. The number of anilines is 1. The Balaban J connectivity index is 0.00000338. The largest absolute Gasteiger partial charge is 0.444 e. The number of ketones is 1. The van der Waals surface area contributed by atoms with Crippen LogP contribution < -0.4 is 5.32 Å². The van der Waals surface area contributed by atoms with Crippen molar-refractivity contribution >= 4 is 17.6 Å². The van der Waals surface area contributed by atoms with Gasteiger partial charge >= 0.3 is 6.09 Å². The molecule has 0 saturated carbocycles. The third kappa shape index (κ3) is 5.14. The molecule has 0 unspecified atom stereocenters. The number of pyridine rings is 1. The van der Waals surface area contributed by atoms with Gasteiger partial charge in [-0.1, -0.05) is 44.2 Å². The van der Waals surface area contributed by atoms with Gasteiger partial charge in [-0.05, 0) is 32.4 Å². The number of nitrogens with one attached hydrogen (secondary N) is 1. The molecular formula is C20H26N2O3. The van der Waals surface area contributed by atoms with Crippen molar-refractivity contribution in [2.45, 2.75) is 40.2 Å². The zero-order chi connectivity index (χ0) is 18.6. The molecule has 0 saturated heterocycles. The second kappa shape index (κ2) is 7.47. The fourth-order valence-electron chi connectivity index (χ4n) is 2.23. The summed E-state index contributed by atoms with van der Waals surface area (Å²) in [6.07, 6.45) is 1.03. The van der Waals surface area contributed by atoms with Gasteiger partial charge in [0, 0.05) is 19.1 Å². The molecule has 2 rings (SSSR count). The average molecular weight is 342 g/mol. The van der Waals surface area contributed by atoms with Crippen LogP contribution in [0.5, 0.6) is 0 Å². The Labute approximate surface area is 149 Å². The van der Waals surface area contributed by atoms with Gasteiger partial charge in [-0.15, -0.1) is 0 Å². The van der Waals surface area contributed by atoms with Crippen LogP contribution in [0.15, 0.2) is 42.6 Å². The predicted molar refractivity (Wildman–Crippen MR) is 101 cm³/mol. The van der Waals surface area contributed by atoms with E-state index in [0.717, 1.165) is 11.1 Å². The molecule has 1 aromatic heterocycles. The van der Waals surface area contributed by atoms with E-state index in [1.807, 2.05) is 30.3 Å². The third-order valence-electron chi connectivity index (χ3n) is 3.39. The topological polar surface area (TPSA) is 68.3 Å². The molecule has 0 atom stereocenters. The summed E-state index contributed by atoms with van der Waals surface area (Å²) in [7, 11) is 0. The molecule has 2 aromatic rings. The van der Waals surface area contributed by atoms with Gasteiger partial charge in [-0.3, -0.25) is 15.1 Å². The number of rotatable bonds is 4. The molecule has 1 amide bonds. The van der Waals surface area contributed by atoms with Crippen molar-refractivity contribution in [3.63, 3.8) is 0 Å². The van der Waals surface area contributed by atoms with E-state index in [2.05, 4.69) is 10.3 Å². The minimum Gasteiger partial charge on any atom is -0.444 e. The van der Waals surface area contributed by atoms with Gasteiger partial charge in [-0.2, -0.15) is 0 Å². The van der Waals surface area contributed by atoms with E-state index in [1.54, 1.807) is 46.9 Å². The summed E-state index contributed by atoms with van der Waals surface area (Å²) in [6, 6.07) is 11.4. The average Bonchev–Trinajstić information content (AvgIpc) is 2.53. The molecule has 5 nitrogen and oxygen atoms in total. The van der Waals surface area contributed by atoms with Gasteiger partial charge in [-0.25, -0.2) is 4.79 Å². The number of hydrogen-bond acceptors (Lipinski definition) is 4. The zero-order valence-electron chi connectivity index (χ0n) is 15.3. The first kappa shape index (κ1) is 18.6. The molecule has 0 aliphatic heterocycles. The molecule has 0 aliphatic rings. The van der Waals surface area contributed by atoms with Gasteiger partial charge in [0.25, 0.3) is 0 Å². The smallest absolute Gasteiger partial charge is 0.412 e. The molecule has 1 N–H and O–H groups in total. The molecule has 0 radical (unpaired) electrons. The van der Waals surface area contributed by atoms with Gasteiger partial charge in [0.2, 0.25) is 0 Å². The number of carbonyl (C=O) groups excluding carboxylic acids is 2. The zero-order valence-corrected chi connectivity index (χ0v) is 15.3. The predicted octanol–water partition coefficient (Wildman–Crippen LogP) is 5.18. The summed E-state index contributed by atoms with van der Waals surface area (Å²) in [5, 5.41) is 2.67. The van der Waals surface area contributed by atoms with Crippen molar-refractivity contribution in [3.05, 3.63) is 48.3 Å². The monoisotopic (exact) mass is 342 g/mol. The highest BCUT2D eigenvalue weighted by atomic mass is 16.6. The van der Waals surface area contributed by atoms with E-state index < -0.39 is 11.7 Å². The first-order valence-electron chi connectivity index (χ1n) is 8.27. The summed E-state index contributed by atoms with van der Waals surface area (Å²) in [6.45, 7) is 8.95. The highest BCUT2D eigenvalue weighted by Gasteiger charge is 2.22. The fourth-order valence-corrected chi connectivity index (χ4v) is 2.23. The summed E-state index contributed by atoms with van der Waals surface area (Å²) in [5.74, 6) is -0.361. The van der Waals surface area contributed by atoms with Crippen LogP contribution in [0.3, 0.4) is 0 Å². The third-order valence-corrected chi connectivity index (χ3v) is 3.39. The van der Waals surface area contributed by atoms with Crippen molar-refractivity contribution in [1.82, 2.24) is 4.98 Å². The Hall–Kier alpha value is -2.69. The molecule has 0 spiro atoms. The van der Waals surface area contributed by atoms with Crippen molar-refractivity contribution in [1.29, 1.82) is 0 Å². The summed E-state index contributed by atoms with van der Waals surface area (Å²) < 4.78 is 5.29. The molecule has 1 heterocycles. The lowest BCUT2D eigenvalue weighted by atomic mass is 10.0. The highest BCUT2D eigenvalue weighted by molar-refractivity contribution is 6.03. The normalized spacial score (nSPS) is 11.3. The Kier molecular flexibility index (Phi) is 5.57. The van der Waals surface area contributed by atoms with Crippen molar-refractivity contribution in [3.8, 4) is 11.1 Å². The fraction of sp³-hybridized carbons (Fsp3) is 0.350. The van der Waals surface area contributed by atoms with Crippen molar-refractivity contribution < 1.29 is 15.8 Å². The number of aromatic nitrogens is 1. The van der Waals surface area contributed by atoms with Crippen molar-refractivity contribution in [2.24, 2.45) is 5.92 Å². The van der Waals surface area contributed by atoms with Gasteiger partial charge in [0.05, 0.1) is 5.69 Å². The molecule has 134 valence electrons. The number of ether oxygens (including phenoxy) is 1. The quantitative estimate of drug-likeness (QED) is 0.777. The first-order valence-corrected chi connectivity index (χ1v) is 8.27. The SMILES string of the molecule is CC(C)C(=O)c1ncc(-c2ccccc2)cc1NC(=O)OC(C)(C)C.[HH]. The Morgan fingerprint density at radius 3 is 2.32 bits per heavy atom. The van der Waals surface area contributed by atoms with Crippen LogP contribution >= 0.6 is 0 Å². The van der Waals surface area contributed by atoms with Crippen LogP contribution in [0, 0.1) is 5.92 Å². The van der Waals surface area contributed by atoms with Crippen LogP contribution in [-0.4, -0.2) is 22.5 Å². The van der Waals surface area contributed by atoms with Crippen LogP contribution in [0.25, 0.3) is 11.1 Å². The molecule has 0 bridgehead atoms. The first-order chi connectivity index (χ1) is 11.7. The van der Waals surface area contributed by atoms with Gasteiger partial charge in [0.1, 0.15) is 11.3 Å². The number of carbonyl (C=O) groups is 2. The number of amides is 1. The second-order valence-corrected chi connectivity index (χ2v) is 7.13. The maximum Gasteiger partial charge on any atom is 0.412 e. The van der Waals surface area contributed by atoms with E-state index in [1.165, 1.54) is 0 Å². The lowest BCUT2D eigenvalue weighted by Crippen LogP contribution is -2.28. The van der Waals surface area contributed by atoms with E-state index >= 15 is 0 Å². The summed E-state index contributed by atoms with van der Waals surface area (Å²) in [4.78, 5) is 28.9. The maximum absolute atomic E-state index is 12.4. The number of nitrogens with zero attached hydrogens (tertiary/aromatic N) is 1. The van der Waals surface area contributed by atoms with E-state index in [4.69, 9.17) is 4.74 Å². The molecular weight excluding hydrogens is 316 g/mol. The number of hydrogen-bond donors (Lipinski definition) is 1. The lowest BCUT2D eigenvalue weighted by molar-refractivity contribution is 0.0636. The second-order valence-electron chi connectivity index (χ2n) is 7.13. The summed E-state index contributed by atoms with van der Waals surface area (Å²) in [5.41, 5.74) is 1.73. The van der Waals surface area contributed by atoms with Crippen LogP contribution in [0.1, 0.15) is 46.5 Å². The van der Waals surface area contributed by atoms with E-state index in [0.29, 0.717) is 5.69 Å². The molecule has 5 heteroatoms. The van der Waals surface area contributed by atoms with E-state index in [9.17, 15) is 9.59 Å². The number of Topliss-reactive ketones (excluding diaryl/α,β-unsaturated/α-hetero) is 1. The molecule has 25 heavy (non-hydrogen) atoms. The van der Waals surface area contributed by atoms with Gasteiger partial charge < -0.3 is 4.74 Å². The number of benzene rings is 1. The van der Waals surface area contributed by atoms with E-state index in [-0.39, 0.29) is 18.8 Å². The van der Waals surface area contributed by atoms with Crippen LogP contribution in [-0.2, 0) is 4.74 Å². The lowest BCUT2D eigenvalue weighted by Gasteiger charge is -2.20. The highest BCUT2D eigenvalue weighted by Crippen LogP contribution is 2.26. The van der Waals surface area contributed by atoms with Crippen LogP contribution in [0.4, 0.5) is 10.5 Å². The minimum atomic E-state index is -0.628. The molecule has 1 aromatic carbocycles. The van der Waals surface area contributed by atoms with Gasteiger partial charge in [0.15, 0.2) is 5.78 Å². The van der Waals surface area contributed by atoms with Crippen LogP contribution in [0.2, 0.25) is 0 Å².